The van der Waals surface area contributed by atoms with E-state index >= 15 is 0 Å². The maximum absolute atomic E-state index is 12.3. The lowest BCUT2D eigenvalue weighted by Gasteiger charge is -2.36. The van der Waals surface area contributed by atoms with E-state index in [1.54, 1.807) is 0 Å². The lowest BCUT2D eigenvalue weighted by Crippen LogP contribution is -2.55. The molecule has 0 spiro atoms. The molecular formula is C15H23ClN2O. The van der Waals surface area contributed by atoms with E-state index in [1.807, 2.05) is 18.2 Å². The lowest BCUT2D eigenvalue weighted by atomic mass is 9.76. The Balaban J connectivity index is 0.00000180. The summed E-state index contributed by atoms with van der Waals surface area (Å²) in [5.74, 6) is 0.146. The molecule has 1 atom stereocenters. The van der Waals surface area contributed by atoms with Gasteiger partial charge in [-0.05, 0) is 30.4 Å². The van der Waals surface area contributed by atoms with Crippen molar-refractivity contribution in [3.63, 3.8) is 0 Å². The minimum atomic E-state index is -0.235. The fraction of sp³-hybridized carbons (Fsp3) is 0.533. The van der Waals surface area contributed by atoms with Crippen LogP contribution in [0.2, 0.25) is 0 Å². The maximum atomic E-state index is 12.3. The number of carbonyl (C=O) groups excluding carboxylic acids is 1. The zero-order valence-corrected chi connectivity index (χ0v) is 12.4. The van der Waals surface area contributed by atoms with Crippen LogP contribution in [-0.4, -0.2) is 18.0 Å². The maximum Gasteiger partial charge on any atom is 0.228 e. The van der Waals surface area contributed by atoms with Crippen LogP contribution in [-0.2, 0) is 11.2 Å². The van der Waals surface area contributed by atoms with E-state index in [0.717, 1.165) is 19.3 Å². The average molecular weight is 283 g/mol. The Morgan fingerprint density at radius 2 is 2.00 bits per heavy atom. The Morgan fingerprint density at radius 3 is 2.53 bits per heavy atom. The number of nitrogens with one attached hydrogen (secondary N) is 1. The molecule has 1 unspecified atom stereocenters. The van der Waals surface area contributed by atoms with Gasteiger partial charge in [0.05, 0.1) is 11.5 Å². The highest BCUT2D eigenvalue weighted by molar-refractivity contribution is 5.87. The van der Waals surface area contributed by atoms with Gasteiger partial charge in [-0.2, -0.15) is 0 Å². The Kier molecular flexibility index (Phi) is 5.39. The van der Waals surface area contributed by atoms with Gasteiger partial charge in [0.2, 0.25) is 5.91 Å². The summed E-state index contributed by atoms with van der Waals surface area (Å²) in [6.07, 6.45) is 2.61. The van der Waals surface area contributed by atoms with Gasteiger partial charge in [0, 0.05) is 6.54 Å². The van der Waals surface area contributed by atoms with Crippen molar-refractivity contribution < 1.29 is 4.79 Å². The fourth-order valence-corrected chi connectivity index (χ4v) is 2.61. The molecule has 1 aromatic carbocycles. The molecule has 3 N–H and O–H groups in total. The van der Waals surface area contributed by atoms with Gasteiger partial charge in [-0.25, -0.2) is 0 Å². The third kappa shape index (κ3) is 2.93. The molecule has 3 nitrogen and oxygen atoms in total. The van der Waals surface area contributed by atoms with E-state index in [4.69, 9.17) is 5.73 Å². The van der Waals surface area contributed by atoms with Crippen LogP contribution in [0.3, 0.4) is 0 Å². The number of rotatable bonds is 5. The van der Waals surface area contributed by atoms with Crippen molar-refractivity contribution in [2.24, 2.45) is 5.73 Å². The first kappa shape index (κ1) is 16.0. The Hall–Kier alpha value is -1.06. The van der Waals surface area contributed by atoms with E-state index in [9.17, 15) is 4.79 Å². The second-order valence-electron chi connectivity index (χ2n) is 5.14. The molecule has 0 fully saturated rings. The van der Waals surface area contributed by atoms with Gasteiger partial charge >= 0.3 is 0 Å². The number of carbonyl (C=O) groups is 1. The summed E-state index contributed by atoms with van der Waals surface area (Å²) in [7, 11) is 0. The van der Waals surface area contributed by atoms with Crippen LogP contribution in [0.1, 0.15) is 43.7 Å². The molecule has 0 heterocycles. The Morgan fingerprint density at radius 1 is 1.37 bits per heavy atom. The minimum absolute atomic E-state index is 0. The smallest absolute Gasteiger partial charge is 0.228 e. The highest BCUT2D eigenvalue weighted by Crippen LogP contribution is 2.35. The summed E-state index contributed by atoms with van der Waals surface area (Å²) in [6.45, 7) is 4.65. The standard InChI is InChI=1S/C15H22N2O.ClH/c1-3-15(4-2,10-16)17-14(18)13-9-11-7-5-6-8-12(11)13;/h5-8,13H,3-4,9-10,16H2,1-2H3,(H,17,18);1H. The second-order valence-corrected chi connectivity index (χ2v) is 5.14. The normalized spacial score (nSPS) is 16.9. The van der Waals surface area contributed by atoms with E-state index < -0.39 is 0 Å². The molecule has 4 heteroatoms. The summed E-state index contributed by atoms with van der Waals surface area (Å²) in [5, 5.41) is 3.16. The van der Waals surface area contributed by atoms with Crippen molar-refractivity contribution in [3.8, 4) is 0 Å². The van der Waals surface area contributed by atoms with Crippen molar-refractivity contribution in [2.45, 2.75) is 44.6 Å². The van der Waals surface area contributed by atoms with Crippen LogP contribution in [0, 0.1) is 0 Å². The molecule has 106 valence electrons. The van der Waals surface area contributed by atoms with Gasteiger partial charge in [-0.1, -0.05) is 38.1 Å². The first-order valence-corrected chi connectivity index (χ1v) is 6.75. The molecule has 1 aromatic rings. The summed E-state index contributed by atoms with van der Waals surface area (Å²) in [5.41, 5.74) is 8.05. The van der Waals surface area contributed by atoms with Crippen LogP contribution in [0.25, 0.3) is 0 Å². The second kappa shape index (κ2) is 6.40. The van der Waals surface area contributed by atoms with Gasteiger partial charge < -0.3 is 11.1 Å². The van der Waals surface area contributed by atoms with Crippen molar-refractivity contribution in [1.29, 1.82) is 0 Å². The van der Waals surface area contributed by atoms with E-state index in [-0.39, 0.29) is 29.8 Å². The molecule has 2 rings (SSSR count). The molecule has 1 amide bonds. The Bertz CT molecular complexity index is 435. The van der Waals surface area contributed by atoms with Gasteiger partial charge in [0.1, 0.15) is 0 Å². The topological polar surface area (TPSA) is 55.1 Å². The van der Waals surface area contributed by atoms with Crippen LogP contribution in [0.4, 0.5) is 0 Å². The molecule has 0 saturated heterocycles. The number of fused-ring (bicyclic) bond motifs is 1. The van der Waals surface area contributed by atoms with Crippen molar-refractivity contribution >= 4 is 18.3 Å². The van der Waals surface area contributed by atoms with Crippen LogP contribution in [0.5, 0.6) is 0 Å². The number of halogens is 1. The zero-order chi connectivity index (χ0) is 13.2. The van der Waals surface area contributed by atoms with Crippen LogP contribution in [0.15, 0.2) is 24.3 Å². The summed E-state index contributed by atoms with van der Waals surface area (Å²) in [6, 6.07) is 8.16. The first-order valence-electron chi connectivity index (χ1n) is 6.75. The summed E-state index contributed by atoms with van der Waals surface area (Å²) < 4.78 is 0. The largest absolute Gasteiger partial charge is 0.349 e. The number of amides is 1. The molecular weight excluding hydrogens is 260 g/mol. The number of benzene rings is 1. The number of nitrogens with two attached hydrogens (primary N) is 1. The van der Waals surface area contributed by atoms with Crippen molar-refractivity contribution in [1.82, 2.24) is 5.32 Å². The molecule has 0 saturated carbocycles. The first-order chi connectivity index (χ1) is 8.65. The highest BCUT2D eigenvalue weighted by atomic mass is 35.5. The van der Waals surface area contributed by atoms with Gasteiger partial charge in [0.15, 0.2) is 0 Å². The quantitative estimate of drug-likeness (QED) is 0.871. The molecule has 0 bridgehead atoms. The lowest BCUT2D eigenvalue weighted by molar-refractivity contribution is -0.125. The molecule has 1 aliphatic carbocycles. The summed E-state index contributed by atoms with van der Waals surface area (Å²) in [4.78, 5) is 12.3. The van der Waals surface area contributed by atoms with Crippen LogP contribution < -0.4 is 11.1 Å². The summed E-state index contributed by atoms with van der Waals surface area (Å²) >= 11 is 0. The minimum Gasteiger partial charge on any atom is -0.349 e. The SMILES string of the molecule is CCC(CC)(CN)NC(=O)C1Cc2ccccc21.Cl. The van der Waals surface area contributed by atoms with Gasteiger partial charge in [-0.3, -0.25) is 4.79 Å². The van der Waals surface area contributed by atoms with Crippen molar-refractivity contribution in [3.05, 3.63) is 35.4 Å². The third-order valence-corrected chi connectivity index (χ3v) is 4.30. The molecule has 0 aromatic heterocycles. The predicted molar refractivity (Wildman–Crippen MR) is 80.6 cm³/mol. The monoisotopic (exact) mass is 282 g/mol. The third-order valence-electron chi connectivity index (χ3n) is 4.30. The average Bonchev–Trinajstić information content (AvgIpc) is 2.37. The molecule has 0 radical (unpaired) electrons. The van der Waals surface area contributed by atoms with E-state index in [0.29, 0.717) is 6.54 Å². The molecule has 19 heavy (non-hydrogen) atoms. The highest BCUT2D eigenvalue weighted by Gasteiger charge is 2.35. The van der Waals surface area contributed by atoms with Crippen molar-refractivity contribution in [2.75, 3.05) is 6.54 Å². The molecule has 1 aliphatic rings. The number of hydrogen-bond donors (Lipinski definition) is 2. The van der Waals surface area contributed by atoms with E-state index in [1.165, 1.54) is 11.1 Å². The van der Waals surface area contributed by atoms with Gasteiger partial charge in [0.25, 0.3) is 0 Å². The predicted octanol–water partition coefficient (Wildman–Crippen LogP) is 2.38. The Labute approximate surface area is 121 Å². The van der Waals surface area contributed by atoms with Gasteiger partial charge in [-0.15, -0.1) is 12.4 Å². The molecule has 0 aliphatic heterocycles. The van der Waals surface area contributed by atoms with Crippen LogP contribution >= 0.6 is 12.4 Å². The zero-order valence-electron chi connectivity index (χ0n) is 11.6. The number of hydrogen-bond acceptors (Lipinski definition) is 2. The fourth-order valence-electron chi connectivity index (χ4n) is 2.61. The van der Waals surface area contributed by atoms with E-state index in [2.05, 4.69) is 25.2 Å².